The van der Waals surface area contributed by atoms with E-state index >= 15 is 0 Å². The second kappa shape index (κ2) is 4.17. The van der Waals surface area contributed by atoms with E-state index in [2.05, 4.69) is 4.98 Å². The van der Waals surface area contributed by atoms with Gasteiger partial charge in [0.05, 0.1) is 23.4 Å². The molecule has 14 heavy (non-hydrogen) atoms. The number of aromatic nitrogens is 1. The first-order chi connectivity index (χ1) is 6.52. The Kier molecular flexibility index (Phi) is 3.16. The van der Waals surface area contributed by atoms with Gasteiger partial charge in [-0.3, -0.25) is 4.98 Å². The Labute approximate surface area is 81.2 Å². The van der Waals surface area contributed by atoms with Crippen molar-refractivity contribution < 1.29 is 15.0 Å². The van der Waals surface area contributed by atoms with Crippen molar-refractivity contribution in [3.8, 4) is 0 Å². The van der Waals surface area contributed by atoms with E-state index in [-0.39, 0.29) is 5.56 Å². The van der Waals surface area contributed by atoms with Crippen molar-refractivity contribution in [2.24, 2.45) is 5.73 Å². The Morgan fingerprint density at radius 1 is 1.64 bits per heavy atom. The molecule has 0 spiro atoms. The van der Waals surface area contributed by atoms with Crippen LogP contribution in [0.15, 0.2) is 18.3 Å². The van der Waals surface area contributed by atoms with Crippen molar-refractivity contribution in [1.29, 1.82) is 0 Å². The molecule has 5 heteroatoms. The van der Waals surface area contributed by atoms with Crippen molar-refractivity contribution in [2.45, 2.75) is 19.1 Å². The Morgan fingerprint density at radius 3 is 2.79 bits per heavy atom. The van der Waals surface area contributed by atoms with Crippen molar-refractivity contribution in [1.82, 2.24) is 4.98 Å². The molecular formula is C9H12N2O3. The Hall–Kier alpha value is -1.46. The molecule has 76 valence electrons. The van der Waals surface area contributed by atoms with E-state index < -0.39 is 18.1 Å². The van der Waals surface area contributed by atoms with Gasteiger partial charge in [-0.2, -0.15) is 0 Å². The van der Waals surface area contributed by atoms with Gasteiger partial charge in [-0.1, -0.05) is 0 Å². The number of aromatic carboxylic acids is 1. The minimum atomic E-state index is -1.04. The largest absolute Gasteiger partial charge is 0.478 e. The molecule has 5 nitrogen and oxygen atoms in total. The highest BCUT2D eigenvalue weighted by molar-refractivity contribution is 5.87. The number of carbonyl (C=O) groups is 1. The van der Waals surface area contributed by atoms with Gasteiger partial charge in [0.25, 0.3) is 0 Å². The zero-order chi connectivity index (χ0) is 10.7. The topological polar surface area (TPSA) is 96.4 Å². The van der Waals surface area contributed by atoms with Gasteiger partial charge < -0.3 is 15.9 Å². The molecule has 1 aromatic rings. The summed E-state index contributed by atoms with van der Waals surface area (Å²) in [6.45, 7) is 1.53. The molecule has 0 bridgehead atoms. The SMILES string of the molecule is C[C@H](O)[C@H](N)c1cc(C(=O)O)ccn1. The Morgan fingerprint density at radius 2 is 2.29 bits per heavy atom. The van der Waals surface area contributed by atoms with Crippen LogP contribution >= 0.6 is 0 Å². The molecule has 2 atom stereocenters. The van der Waals surface area contributed by atoms with Crippen LogP contribution in [0.2, 0.25) is 0 Å². The molecule has 1 aromatic heterocycles. The summed E-state index contributed by atoms with van der Waals surface area (Å²) in [6.07, 6.45) is 0.604. The molecule has 0 aliphatic rings. The molecule has 0 aliphatic heterocycles. The summed E-state index contributed by atoms with van der Waals surface area (Å²) in [5.41, 5.74) is 6.09. The van der Waals surface area contributed by atoms with Gasteiger partial charge in [-0.15, -0.1) is 0 Å². The van der Waals surface area contributed by atoms with Gasteiger partial charge in [0.15, 0.2) is 0 Å². The lowest BCUT2D eigenvalue weighted by atomic mass is 10.1. The second-order valence-electron chi connectivity index (χ2n) is 3.04. The van der Waals surface area contributed by atoms with Crippen LogP contribution < -0.4 is 5.73 Å². The monoisotopic (exact) mass is 196 g/mol. The fourth-order valence-corrected chi connectivity index (χ4v) is 1.01. The minimum Gasteiger partial charge on any atom is -0.478 e. The highest BCUT2D eigenvalue weighted by Crippen LogP contribution is 2.12. The van der Waals surface area contributed by atoms with Crippen LogP contribution in [-0.2, 0) is 0 Å². The lowest BCUT2D eigenvalue weighted by Gasteiger charge is -2.13. The standard InChI is InChI=1S/C9H12N2O3/c1-5(12)8(10)7-4-6(9(13)14)2-3-11-7/h2-5,8,12H,10H2,1H3,(H,13,14)/t5-,8-/m0/s1. The van der Waals surface area contributed by atoms with Gasteiger partial charge in [0.2, 0.25) is 0 Å². The van der Waals surface area contributed by atoms with Crippen molar-refractivity contribution in [3.63, 3.8) is 0 Å². The van der Waals surface area contributed by atoms with Crippen LogP contribution in [0.4, 0.5) is 0 Å². The van der Waals surface area contributed by atoms with E-state index in [1.54, 1.807) is 0 Å². The summed E-state index contributed by atoms with van der Waals surface area (Å²) >= 11 is 0. The maximum Gasteiger partial charge on any atom is 0.335 e. The molecule has 0 aromatic carbocycles. The van der Waals surface area contributed by atoms with Gasteiger partial charge in [-0.05, 0) is 19.1 Å². The van der Waals surface area contributed by atoms with E-state index in [4.69, 9.17) is 10.8 Å². The van der Waals surface area contributed by atoms with E-state index in [1.165, 1.54) is 25.3 Å². The average Bonchev–Trinajstić information content (AvgIpc) is 2.16. The van der Waals surface area contributed by atoms with Gasteiger partial charge in [0, 0.05) is 6.20 Å². The first-order valence-corrected chi connectivity index (χ1v) is 4.15. The van der Waals surface area contributed by atoms with E-state index in [9.17, 15) is 9.90 Å². The summed E-state index contributed by atoms with van der Waals surface area (Å²) in [7, 11) is 0. The molecule has 0 fully saturated rings. The molecular weight excluding hydrogens is 184 g/mol. The number of hydrogen-bond donors (Lipinski definition) is 3. The number of carboxylic acid groups (broad SMARTS) is 1. The lowest BCUT2D eigenvalue weighted by Crippen LogP contribution is -2.24. The number of aliphatic hydroxyl groups excluding tert-OH is 1. The maximum atomic E-state index is 10.6. The van der Waals surface area contributed by atoms with Crippen LogP contribution in [0.1, 0.15) is 29.0 Å². The van der Waals surface area contributed by atoms with Crippen molar-refractivity contribution in [3.05, 3.63) is 29.6 Å². The molecule has 1 rings (SSSR count). The van der Waals surface area contributed by atoms with Crippen LogP contribution in [0.5, 0.6) is 0 Å². The highest BCUT2D eigenvalue weighted by Gasteiger charge is 2.14. The zero-order valence-corrected chi connectivity index (χ0v) is 7.71. The molecule has 0 saturated carbocycles. The van der Waals surface area contributed by atoms with Gasteiger partial charge in [0.1, 0.15) is 0 Å². The number of nitrogens with two attached hydrogens (primary N) is 1. The fraction of sp³-hybridized carbons (Fsp3) is 0.333. The number of rotatable bonds is 3. The first-order valence-electron chi connectivity index (χ1n) is 4.15. The normalized spacial score (nSPS) is 14.8. The minimum absolute atomic E-state index is 0.117. The predicted molar refractivity (Wildman–Crippen MR) is 49.8 cm³/mol. The average molecular weight is 196 g/mol. The second-order valence-corrected chi connectivity index (χ2v) is 3.04. The smallest absolute Gasteiger partial charge is 0.335 e. The van der Waals surface area contributed by atoms with Gasteiger partial charge in [-0.25, -0.2) is 4.79 Å². The summed E-state index contributed by atoms with van der Waals surface area (Å²) in [5.74, 6) is -1.04. The number of pyridine rings is 1. The quantitative estimate of drug-likeness (QED) is 0.639. The van der Waals surface area contributed by atoms with Gasteiger partial charge >= 0.3 is 5.97 Å². The first kappa shape index (κ1) is 10.6. The van der Waals surface area contributed by atoms with Crippen LogP contribution in [0, 0.1) is 0 Å². The molecule has 0 radical (unpaired) electrons. The molecule has 1 heterocycles. The fourth-order valence-electron chi connectivity index (χ4n) is 1.01. The number of hydrogen-bond acceptors (Lipinski definition) is 4. The van der Waals surface area contributed by atoms with Crippen LogP contribution in [0.3, 0.4) is 0 Å². The lowest BCUT2D eigenvalue weighted by molar-refractivity contribution is 0.0696. The maximum absolute atomic E-state index is 10.6. The summed E-state index contributed by atoms with van der Waals surface area (Å²) in [6, 6.07) is 2.08. The molecule has 0 unspecified atom stereocenters. The van der Waals surface area contributed by atoms with E-state index in [0.717, 1.165) is 0 Å². The Balaban J connectivity index is 2.99. The third-order valence-electron chi connectivity index (χ3n) is 1.89. The number of carboxylic acids is 1. The van der Waals surface area contributed by atoms with Crippen LogP contribution in [-0.4, -0.2) is 27.3 Å². The predicted octanol–water partition coefficient (Wildman–Crippen LogP) is 0.160. The molecule has 0 saturated heterocycles. The molecule has 0 amide bonds. The van der Waals surface area contributed by atoms with E-state index in [1.807, 2.05) is 0 Å². The number of nitrogens with zero attached hydrogens (tertiary/aromatic N) is 1. The van der Waals surface area contributed by atoms with Crippen molar-refractivity contribution in [2.75, 3.05) is 0 Å². The third kappa shape index (κ3) is 2.27. The van der Waals surface area contributed by atoms with Crippen LogP contribution in [0.25, 0.3) is 0 Å². The zero-order valence-electron chi connectivity index (χ0n) is 7.71. The summed E-state index contributed by atoms with van der Waals surface area (Å²) in [5, 5.41) is 17.9. The molecule has 0 aliphatic carbocycles. The summed E-state index contributed by atoms with van der Waals surface area (Å²) in [4.78, 5) is 14.5. The summed E-state index contributed by atoms with van der Waals surface area (Å²) < 4.78 is 0. The third-order valence-corrected chi connectivity index (χ3v) is 1.89. The van der Waals surface area contributed by atoms with E-state index in [0.29, 0.717) is 5.69 Å². The number of aliphatic hydroxyl groups is 1. The van der Waals surface area contributed by atoms with Crippen molar-refractivity contribution >= 4 is 5.97 Å². The molecule has 4 N–H and O–H groups in total. The highest BCUT2D eigenvalue weighted by atomic mass is 16.4. The Bertz CT molecular complexity index is 339.